The number of carbonyl (C=O) groups is 1. The first-order chi connectivity index (χ1) is 13.2. The van der Waals surface area contributed by atoms with E-state index in [-0.39, 0.29) is 11.8 Å². The SMILES string of the molecule is Cc1cc(C)c(S(=O)(=O)N2CCC(C(=O)Nc3ncccc3C)CC2)c(C)c1. The first kappa shape index (κ1) is 20.5. The molecule has 0 radical (unpaired) electrons. The van der Waals surface area contributed by atoms with Crippen LogP contribution >= 0.6 is 0 Å². The Balaban J connectivity index is 1.70. The Morgan fingerprint density at radius 1 is 1.07 bits per heavy atom. The van der Waals surface area contributed by atoms with E-state index in [1.165, 1.54) is 4.31 Å². The van der Waals surface area contributed by atoms with Crippen molar-refractivity contribution in [2.45, 2.75) is 45.4 Å². The van der Waals surface area contributed by atoms with Crippen LogP contribution in [0.25, 0.3) is 0 Å². The van der Waals surface area contributed by atoms with Crippen LogP contribution in [0.5, 0.6) is 0 Å². The van der Waals surface area contributed by atoms with Crippen LogP contribution in [0, 0.1) is 33.6 Å². The third-order valence-electron chi connectivity index (χ3n) is 5.28. The number of benzene rings is 1. The monoisotopic (exact) mass is 401 g/mol. The molecule has 0 spiro atoms. The average Bonchev–Trinajstić information content (AvgIpc) is 2.62. The van der Waals surface area contributed by atoms with Crippen LogP contribution in [0.4, 0.5) is 5.82 Å². The molecule has 0 bridgehead atoms. The molecule has 2 heterocycles. The summed E-state index contributed by atoms with van der Waals surface area (Å²) in [6.45, 7) is 8.21. The van der Waals surface area contributed by atoms with Crippen LogP contribution < -0.4 is 5.32 Å². The second kappa shape index (κ2) is 8.01. The van der Waals surface area contributed by atoms with Crippen LogP contribution in [-0.4, -0.2) is 36.7 Å². The lowest BCUT2D eigenvalue weighted by molar-refractivity contribution is -0.120. The number of nitrogens with one attached hydrogen (secondary N) is 1. The number of hydrogen-bond acceptors (Lipinski definition) is 4. The Hall–Kier alpha value is -2.25. The summed E-state index contributed by atoms with van der Waals surface area (Å²) in [5.41, 5.74) is 3.49. The van der Waals surface area contributed by atoms with Crippen molar-refractivity contribution in [1.29, 1.82) is 0 Å². The number of aromatic nitrogens is 1. The first-order valence-corrected chi connectivity index (χ1v) is 10.9. The van der Waals surface area contributed by atoms with E-state index in [2.05, 4.69) is 10.3 Å². The number of carbonyl (C=O) groups excluding carboxylic acids is 1. The molecule has 1 N–H and O–H groups in total. The van der Waals surface area contributed by atoms with Gasteiger partial charge in [-0.1, -0.05) is 23.8 Å². The van der Waals surface area contributed by atoms with Crippen molar-refractivity contribution in [2.24, 2.45) is 5.92 Å². The highest BCUT2D eigenvalue weighted by Crippen LogP contribution is 2.29. The van der Waals surface area contributed by atoms with Gasteiger partial charge in [-0.25, -0.2) is 13.4 Å². The van der Waals surface area contributed by atoms with E-state index in [1.807, 2.05) is 52.0 Å². The second-order valence-corrected chi connectivity index (χ2v) is 9.44. The summed E-state index contributed by atoms with van der Waals surface area (Å²) in [6, 6.07) is 7.51. The average molecular weight is 402 g/mol. The van der Waals surface area contributed by atoms with Gasteiger partial charge in [0, 0.05) is 25.2 Å². The van der Waals surface area contributed by atoms with Crippen molar-refractivity contribution in [3.8, 4) is 0 Å². The van der Waals surface area contributed by atoms with Gasteiger partial charge in [-0.2, -0.15) is 4.31 Å². The largest absolute Gasteiger partial charge is 0.310 e. The molecule has 7 heteroatoms. The van der Waals surface area contributed by atoms with Crippen molar-refractivity contribution in [1.82, 2.24) is 9.29 Å². The number of nitrogens with zero attached hydrogens (tertiary/aromatic N) is 2. The fraction of sp³-hybridized carbons (Fsp3) is 0.429. The number of aryl methyl sites for hydroxylation is 4. The van der Waals surface area contributed by atoms with Crippen LogP contribution in [0.1, 0.15) is 35.1 Å². The third kappa shape index (κ3) is 4.10. The lowest BCUT2D eigenvalue weighted by Crippen LogP contribution is -2.41. The number of anilines is 1. The highest BCUT2D eigenvalue weighted by molar-refractivity contribution is 7.89. The highest BCUT2D eigenvalue weighted by atomic mass is 32.2. The molecule has 0 atom stereocenters. The predicted molar refractivity (Wildman–Crippen MR) is 110 cm³/mol. The Morgan fingerprint density at radius 3 is 2.25 bits per heavy atom. The molecular weight excluding hydrogens is 374 g/mol. The summed E-state index contributed by atoms with van der Waals surface area (Å²) in [7, 11) is -3.57. The van der Waals surface area contributed by atoms with Crippen molar-refractivity contribution in [2.75, 3.05) is 18.4 Å². The van der Waals surface area contributed by atoms with Crippen molar-refractivity contribution in [3.63, 3.8) is 0 Å². The molecule has 0 saturated carbocycles. The molecule has 1 saturated heterocycles. The minimum atomic E-state index is -3.57. The Kier molecular flexibility index (Phi) is 5.86. The van der Waals surface area contributed by atoms with Crippen molar-refractivity contribution in [3.05, 3.63) is 52.7 Å². The van der Waals surface area contributed by atoms with Crippen LogP contribution in [-0.2, 0) is 14.8 Å². The van der Waals surface area contributed by atoms with Crippen LogP contribution in [0.3, 0.4) is 0 Å². The maximum atomic E-state index is 13.2. The number of rotatable bonds is 4. The normalized spacial score (nSPS) is 16.1. The van der Waals surface area contributed by atoms with Gasteiger partial charge in [0.1, 0.15) is 5.82 Å². The van der Waals surface area contributed by atoms with Gasteiger partial charge in [0.25, 0.3) is 0 Å². The molecule has 1 aliphatic heterocycles. The van der Waals surface area contributed by atoms with Gasteiger partial charge >= 0.3 is 0 Å². The van der Waals surface area contributed by atoms with E-state index in [1.54, 1.807) is 6.20 Å². The zero-order chi connectivity index (χ0) is 20.5. The van der Waals surface area contributed by atoms with Gasteiger partial charge in [0.05, 0.1) is 4.90 Å². The summed E-state index contributed by atoms with van der Waals surface area (Å²) >= 11 is 0. The van der Waals surface area contributed by atoms with Gasteiger partial charge in [0.2, 0.25) is 15.9 Å². The molecule has 150 valence electrons. The van der Waals surface area contributed by atoms with Gasteiger partial charge in [-0.3, -0.25) is 4.79 Å². The Bertz CT molecular complexity index is 971. The minimum Gasteiger partial charge on any atom is -0.310 e. The van der Waals surface area contributed by atoms with Crippen LogP contribution in [0.2, 0.25) is 0 Å². The number of hydrogen-bond donors (Lipinski definition) is 1. The van der Waals surface area contributed by atoms with E-state index in [4.69, 9.17) is 0 Å². The Morgan fingerprint density at radius 2 is 1.68 bits per heavy atom. The number of amides is 1. The molecule has 0 aliphatic carbocycles. The molecule has 1 amide bonds. The maximum absolute atomic E-state index is 13.2. The molecule has 28 heavy (non-hydrogen) atoms. The lowest BCUT2D eigenvalue weighted by Gasteiger charge is -2.31. The van der Waals surface area contributed by atoms with E-state index < -0.39 is 10.0 Å². The number of pyridine rings is 1. The molecule has 0 unspecified atom stereocenters. The van der Waals surface area contributed by atoms with Gasteiger partial charge in [0.15, 0.2) is 0 Å². The fourth-order valence-corrected chi connectivity index (χ4v) is 5.78. The summed E-state index contributed by atoms with van der Waals surface area (Å²) < 4.78 is 27.8. The molecule has 2 aromatic rings. The zero-order valence-corrected chi connectivity index (χ0v) is 17.6. The number of piperidine rings is 1. The highest BCUT2D eigenvalue weighted by Gasteiger charge is 2.33. The molecule has 1 fully saturated rings. The van der Waals surface area contributed by atoms with Crippen LogP contribution in [0.15, 0.2) is 35.4 Å². The molecule has 1 aromatic heterocycles. The molecule has 3 rings (SSSR count). The number of sulfonamides is 1. The molecule has 1 aromatic carbocycles. The Labute approximate surface area is 167 Å². The predicted octanol–water partition coefficient (Wildman–Crippen LogP) is 3.35. The second-order valence-electron chi connectivity index (χ2n) is 7.56. The standard InChI is InChI=1S/C21H27N3O3S/c1-14-12-16(3)19(17(4)13-14)28(26,27)24-10-7-18(8-11-24)21(25)23-20-15(2)6-5-9-22-20/h5-6,9,12-13,18H,7-8,10-11H2,1-4H3,(H,22,23,25). The molecule has 6 nitrogen and oxygen atoms in total. The van der Waals surface area contributed by atoms with Gasteiger partial charge in [-0.15, -0.1) is 0 Å². The van der Waals surface area contributed by atoms with E-state index in [9.17, 15) is 13.2 Å². The summed E-state index contributed by atoms with van der Waals surface area (Å²) in [6.07, 6.45) is 2.64. The minimum absolute atomic E-state index is 0.0958. The summed E-state index contributed by atoms with van der Waals surface area (Å²) in [5.74, 6) is 0.253. The third-order valence-corrected chi connectivity index (χ3v) is 7.48. The van der Waals surface area contributed by atoms with Gasteiger partial charge < -0.3 is 5.32 Å². The smallest absolute Gasteiger partial charge is 0.243 e. The summed E-state index contributed by atoms with van der Waals surface area (Å²) in [4.78, 5) is 17.2. The first-order valence-electron chi connectivity index (χ1n) is 9.50. The molecular formula is C21H27N3O3S. The topological polar surface area (TPSA) is 79.4 Å². The fourth-order valence-electron chi connectivity index (χ4n) is 3.90. The lowest BCUT2D eigenvalue weighted by atomic mass is 9.97. The van der Waals surface area contributed by atoms with Crippen molar-refractivity contribution < 1.29 is 13.2 Å². The molecule has 1 aliphatic rings. The maximum Gasteiger partial charge on any atom is 0.243 e. The van der Waals surface area contributed by atoms with Crippen molar-refractivity contribution >= 4 is 21.7 Å². The quantitative estimate of drug-likeness (QED) is 0.852. The zero-order valence-electron chi connectivity index (χ0n) is 16.8. The van der Waals surface area contributed by atoms with E-state index in [0.717, 1.165) is 22.3 Å². The van der Waals surface area contributed by atoms with E-state index >= 15 is 0 Å². The van der Waals surface area contributed by atoms with E-state index in [0.29, 0.717) is 36.6 Å². The van der Waals surface area contributed by atoms with Gasteiger partial charge in [-0.05, 0) is 63.3 Å². The summed E-state index contributed by atoms with van der Waals surface area (Å²) in [5, 5.41) is 2.87.